The summed E-state index contributed by atoms with van der Waals surface area (Å²) >= 11 is 0. The number of carbonyl (C=O) groups is 3. The molecule has 0 radical (unpaired) electrons. The zero-order chi connectivity index (χ0) is 14.7. The molecule has 0 fully saturated rings. The predicted molar refractivity (Wildman–Crippen MR) is 69.3 cm³/mol. The summed E-state index contributed by atoms with van der Waals surface area (Å²) < 4.78 is 0. The van der Waals surface area contributed by atoms with Crippen molar-refractivity contribution in [3.05, 3.63) is 35.4 Å². The van der Waals surface area contributed by atoms with Gasteiger partial charge in [-0.05, 0) is 31.4 Å². The highest BCUT2D eigenvalue weighted by Gasteiger charge is 2.42. The second kappa shape index (κ2) is 5.83. The van der Waals surface area contributed by atoms with Crippen LogP contribution in [0.15, 0.2) is 24.3 Å². The first-order chi connectivity index (χ1) is 9.57. The van der Waals surface area contributed by atoms with Crippen molar-refractivity contribution in [3.8, 4) is 0 Å². The van der Waals surface area contributed by atoms with Crippen LogP contribution in [0.2, 0.25) is 0 Å². The zero-order valence-corrected chi connectivity index (χ0v) is 10.8. The molecule has 2 rings (SSSR count). The van der Waals surface area contributed by atoms with Gasteiger partial charge in [0, 0.05) is 6.61 Å². The summed E-state index contributed by atoms with van der Waals surface area (Å²) in [5.74, 6) is -2.35. The van der Waals surface area contributed by atoms with Gasteiger partial charge in [-0.3, -0.25) is 14.5 Å². The van der Waals surface area contributed by atoms with Crippen molar-refractivity contribution in [1.82, 2.24) is 4.90 Å². The maximum atomic E-state index is 12.2. The van der Waals surface area contributed by atoms with Gasteiger partial charge in [0.05, 0.1) is 11.1 Å². The monoisotopic (exact) mass is 277 g/mol. The van der Waals surface area contributed by atoms with Crippen molar-refractivity contribution in [3.63, 3.8) is 0 Å². The molecule has 1 heterocycles. The summed E-state index contributed by atoms with van der Waals surface area (Å²) in [5, 5.41) is 18.0. The third-order valence-electron chi connectivity index (χ3n) is 3.31. The Morgan fingerprint density at radius 2 is 1.65 bits per heavy atom. The summed E-state index contributed by atoms with van der Waals surface area (Å²) in [7, 11) is 0. The third kappa shape index (κ3) is 2.42. The Kier molecular flexibility index (Phi) is 4.14. The summed E-state index contributed by atoms with van der Waals surface area (Å²) in [4.78, 5) is 36.5. The molecule has 20 heavy (non-hydrogen) atoms. The van der Waals surface area contributed by atoms with Crippen LogP contribution in [0, 0.1) is 0 Å². The van der Waals surface area contributed by atoms with Crippen molar-refractivity contribution >= 4 is 17.8 Å². The van der Waals surface area contributed by atoms with E-state index in [4.69, 9.17) is 5.11 Å². The van der Waals surface area contributed by atoms with Crippen molar-refractivity contribution in [2.45, 2.75) is 25.3 Å². The van der Waals surface area contributed by atoms with Gasteiger partial charge in [-0.25, -0.2) is 4.79 Å². The van der Waals surface area contributed by atoms with Gasteiger partial charge in [-0.1, -0.05) is 12.1 Å². The van der Waals surface area contributed by atoms with Crippen LogP contribution in [0.25, 0.3) is 0 Å². The van der Waals surface area contributed by atoms with Crippen LogP contribution < -0.4 is 0 Å². The molecular weight excluding hydrogens is 262 g/mol. The van der Waals surface area contributed by atoms with Gasteiger partial charge in [-0.2, -0.15) is 0 Å². The first-order valence-electron chi connectivity index (χ1n) is 6.38. The summed E-state index contributed by atoms with van der Waals surface area (Å²) in [6.45, 7) is -0.0472. The maximum absolute atomic E-state index is 12.2. The highest BCUT2D eigenvalue weighted by molar-refractivity contribution is 6.22. The number of unbranched alkanes of at least 4 members (excludes halogenated alkanes) is 1. The number of hydrogen-bond acceptors (Lipinski definition) is 4. The van der Waals surface area contributed by atoms with Crippen LogP contribution in [0.5, 0.6) is 0 Å². The highest BCUT2D eigenvalue weighted by atomic mass is 16.4. The van der Waals surface area contributed by atoms with Gasteiger partial charge in [-0.15, -0.1) is 0 Å². The van der Waals surface area contributed by atoms with Crippen LogP contribution >= 0.6 is 0 Å². The molecule has 0 spiro atoms. The third-order valence-corrected chi connectivity index (χ3v) is 3.31. The number of amides is 2. The van der Waals surface area contributed by atoms with Crippen LogP contribution in [0.1, 0.15) is 40.0 Å². The van der Waals surface area contributed by atoms with Crippen molar-refractivity contribution < 1.29 is 24.6 Å². The topological polar surface area (TPSA) is 94.9 Å². The van der Waals surface area contributed by atoms with E-state index in [1.165, 1.54) is 12.1 Å². The fraction of sp³-hybridized carbons (Fsp3) is 0.357. The highest BCUT2D eigenvalue weighted by Crippen LogP contribution is 2.26. The number of aliphatic carboxylic acids is 1. The van der Waals surface area contributed by atoms with Crippen molar-refractivity contribution in [1.29, 1.82) is 0 Å². The number of carboxylic acid groups (broad SMARTS) is 1. The average molecular weight is 277 g/mol. The minimum absolute atomic E-state index is 0.0472. The van der Waals surface area contributed by atoms with Crippen LogP contribution in [-0.2, 0) is 4.79 Å². The van der Waals surface area contributed by atoms with E-state index in [9.17, 15) is 19.5 Å². The Hall–Kier alpha value is -2.21. The van der Waals surface area contributed by atoms with E-state index in [0.29, 0.717) is 12.8 Å². The lowest BCUT2D eigenvalue weighted by Gasteiger charge is -2.22. The predicted octanol–water partition coefficient (Wildman–Crippen LogP) is 0.898. The molecule has 0 unspecified atom stereocenters. The number of benzene rings is 1. The number of aliphatic hydroxyl groups is 1. The molecule has 1 aromatic carbocycles. The molecule has 1 aliphatic heterocycles. The Morgan fingerprint density at radius 3 is 2.10 bits per heavy atom. The van der Waals surface area contributed by atoms with E-state index in [0.717, 1.165) is 4.90 Å². The molecule has 2 N–H and O–H groups in total. The van der Waals surface area contributed by atoms with Gasteiger partial charge in [0.1, 0.15) is 6.04 Å². The number of rotatable bonds is 6. The second-order valence-electron chi connectivity index (χ2n) is 4.60. The number of aliphatic hydroxyl groups excluding tert-OH is 1. The second-order valence-corrected chi connectivity index (χ2v) is 4.60. The molecule has 6 nitrogen and oxygen atoms in total. The van der Waals surface area contributed by atoms with E-state index < -0.39 is 23.8 Å². The van der Waals surface area contributed by atoms with E-state index in [2.05, 4.69) is 0 Å². The average Bonchev–Trinajstić information content (AvgIpc) is 2.68. The molecule has 1 aliphatic rings. The number of imide groups is 1. The molecule has 0 saturated heterocycles. The molecule has 0 bridgehead atoms. The number of carbonyl (C=O) groups excluding carboxylic acids is 2. The van der Waals surface area contributed by atoms with Crippen molar-refractivity contribution in [2.24, 2.45) is 0 Å². The minimum atomic E-state index is -1.21. The van der Waals surface area contributed by atoms with E-state index in [1.807, 2.05) is 0 Å². The fourth-order valence-corrected chi connectivity index (χ4v) is 2.30. The number of hydrogen-bond donors (Lipinski definition) is 2. The summed E-state index contributed by atoms with van der Waals surface area (Å²) in [6.07, 6.45) is 1.01. The fourth-order valence-electron chi connectivity index (χ4n) is 2.30. The quantitative estimate of drug-likeness (QED) is 0.595. The summed E-state index contributed by atoms with van der Waals surface area (Å²) in [6, 6.07) is 5.11. The molecule has 0 aromatic heterocycles. The first-order valence-corrected chi connectivity index (χ1v) is 6.38. The molecule has 106 valence electrons. The zero-order valence-electron chi connectivity index (χ0n) is 10.8. The summed E-state index contributed by atoms with van der Waals surface area (Å²) in [5.41, 5.74) is 0.483. The van der Waals surface area contributed by atoms with E-state index in [-0.39, 0.29) is 24.2 Å². The lowest BCUT2D eigenvalue weighted by Crippen LogP contribution is -2.44. The van der Waals surface area contributed by atoms with Gasteiger partial charge in [0.15, 0.2) is 0 Å². The van der Waals surface area contributed by atoms with E-state index >= 15 is 0 Å². The molecule has 2 amide bonds. The Balaban J connectivity index is 2.25. The van der Waals surface area contributed by atoms with E-state index in [1.54, 1.807) is 12.1 Å². The van der Waals surface area contributed by atoms with Crippen molar-refractivity contribution in [2.75, 3.05) is 6.61 Å². The van der Waals surface area contributed by atoms with Crippen LogP contribution in [0.3, 0.4) is 0 Å². The van der Waals surface area contributed by atoms with Gasteiger partial charge in [0.2, 0.25) is 0 Å². The normalized spacial score (nSPS) is 15.3. The largest absolute Gasteiger partial charge is 0.480 e. The number of carboxylic acids is 1. The Bertz CT molecular complexity index is 519. The first kappa shape index (κ1) is 14.2. The number of nitrogens with zero attached hydrogens (tertiary/aromatic N) is 1. The maximum Gasteiger partial charge on any atom is 0.326 e. The molecule has 1 aromatic rings. The SMILES string of the molecule is O=C(O)[C@H](CCCCO)N1C(=O)c2ccccc2C1=O. The Morgan fingerprint density at radius 1 is 1.10 bits per heavy atom. The lowest BCUT2D eigenvalue weighted by atomic mass is 10.1. The Labute approximate surface area is 115 Å². The van der Waals surface area contributed by atoms with Gasteiger partial charge in [0.25, 0.3) is 11.8 Å². The van der Waals surface area contributed by atoms with Crippen LogP contribution in [0.4, 0.5) is 0 Å². The molecule has 6 heteroatoms. The van der Waals surface area contributed by atoms with Gasteiger partial charge >= 0.3 is 5.97 Å². The smallest absolute Gasteiger partial charge is 0.326 e. The minimum Gasteiger partial charge on any atom is -0.480 e. The van der Waals surface area contributed by atoms with Crippen LogP contribution in [-0.4, -0.2) is 45.5 Å². The molecular formula is C14H15NO5. The molecule has 1 atom stereocenters. The lowest BCUT2D eigenvalue weighted by molar-refractivity contribution is -0.141. The standard InChI is InChI=1S/C14H15NO5/c16-8-4-3-7-11(14(19)20)15-12(17)9-5-1-2-6-10(9)13(15)18/h1-2,5-6,11,16H,3-4,7-8H2,(H,19,20)/t11-/m0/s1. The number of fused-ring (bicyclic) bond motifs is 1. The molecule has 0 aliphatic carbocycles. The van der Waals surface area contributed by atoms with Gasteiger partial charge < -0.3 is 10.2 Å². The molecule has 0 saturated carbocycles.